The number of esters is 1. The fourth-order valence-electron chi connectivity index (χ4n) is 4.20. The zero-order valence-corrected chi connectivity index (χ0v) is 21.1. The molecule has 1 heterocycles. The van der Waals surface area contributed by atoms with Gasteiger partial charge in [0, 0.05) is 13.0 Å². The van der Waals surface area contributed by atoms with Crippen LogP contribution in [0.3, 0.4) is 0 Å². The van der Waals surface area contributed by atoms with Crippen molar-refractivity contribution in [3.63, 3.8) is 0 Å². The predicted molar refractivity (Wildman–Crippen MR) is 131 cm³/mol. The van der Waals surface area contributed by atoms with E-state index >= 15 is 0 Å². The second kappa shape index (κ2) is 11.7. The first kappa shape index (κ1) is 26.0. The zero-order chi connectivity index (χ0) is 24.6. The minimum atomic E-state index is -4.09. The monoisotopic (exact) mass is 489 g/mol. The number of methoxy groups -OCH3 is 1. The molecule has 0 bridgehead atoms. The van der Waals surface area contributed by atoms with Gasteiger partial charge in [-0.25, -0.2) is 8.42 Å². The van der Waals surface area contributed by atoms with E-state index in [0.29, 0.717) is 23.7 Å². The average molecular weight is 490 g/mol. The van der Waals surface area contributed by atoms with Crippen LogP contribution in [0.5, 0.6) is 11.5 Å². The van der Waals surface area contributed by atoms with Crippen molar-refractivity contribution in [2.45, 2.75) is 49.2 Å². The van der Waals surface area contributed by atoms with Crippen molar-refractivity contribution in [1.29, 1.82) is 0 Å². The summed E-state index contributed by atoms with van der Waals surface area (Å²) in [7, 11) is -2.59. The van der Waals surface area contributed by atoms with Gasteiger partial charge in [-0.3, -0.25) is 9.69 Å². The molecule has 1 saturated heterocycles. The molecule has 3 rings (SSSR count). The highest BCUT2D eigenvalue weighted by atomic mass is 32.2. The van der Waals surface area contributed by atoms with Gasteiger partial charge in [0.25, 0.3) is 0 Å². The summed E-state index contributed by atoms with van der Waals surface area (Å²) in [4.78, 5) is 15.5. The van der Waals surface area contributed by atoms with Crippen LogP contribution in [0, 0.1) is 0 Å². The number of nitrogens with zero attached hydrogens (tertiary/aromatic N) is 1. The molecule has 1 fully saturated rings. The number of likely N-dealkylation sites (tertiary alicyclic amines) is 1. The molecular weight excluding hydrogens is 454 g/mol. The van der Waals surface area contributed by atoms with Crippen molar-refractivity contribution in [2.75, 3.05) is 40.0 Å². The molecular formula is C26H35NO6S. The number of hydrogen-bond acceptors (Lipinski definition) is 7. The Hall–Kier alpha value is -2.58. The number of carbonyl (C=O) groups is 1. The number of ether oxygens (including phenoxy) is 3. The predicted octanol–water partition coefficient (Wildman–Crippen LogP) is 3.90. The van der Waals surface area contributed by atoms with Gasteiger partial charge in [0.15, 0.2) is 14.6 Å². The molecule has 7 nitrogen and oxygen atoms in total. The van der Waals surface area contributed by atoms with Crippen LogP contribution in [0.1, 0.15) is 38.7 Å². The second-order valence-electron chi connectivity index (χ2n) is 8.67. The third-order valence-electron chi connectivity index (χ3n) is 6.28. The molecule has 1 aliphatic heterocycles. The van der Waals surface area contributed by atoms with Gasteiger partial charge in [-0.15, -0.1) is 0 Å². The highest BCUT2D eigenvalue weighted by Crippen LogP contribution is 2.34. The normalized spacial score (nSPS) is 16.4. The van der Waals surface area contributed by atoms with Crippen molar-refractivity contribution in [2.24, 2.45) is 0 Å². The molecule has 0 N–H and O–H groups in total. The minimum absolute atomic E-state index is 0.0346. The van der Waals surface area contributed by atoms with Crippen LogP contribution < -0.4 is 9.47 Å². The lowest BCUT2D eigenvalue weighted by molar-refractivity contribution is -0.145. The molecule has 0 aliphatic carbocycles. The summed E-state index contributed by atoms with van der Waals surface area (Å²) in [5, 5.41) is 0. The molecule has 186 valence electrons. The van der Waals surface area contributed by atoms with E-state index in [2.05, 4.69) is 4.90 Å². The number of piperidine rings is 1. The van der Waals surface area contributed by atoms with Crippen LogP contribution in [0.25, 0.3) is 0 Å². The van der Waals surface area contributed by atoms with E-state index in [0.717, 1.165) is 19.6 Å². The summed E-state index contributed by atoms with van der Waals surface area (Å²) in [6, 6.07) is 13.3. The number of hydrogen-bond donors (Lipinski definition) is 0. The molecule has 8 heteroatoms. The van der Waals surface area contributed by atoms with E-state index in [1.54, 1.807) is 25.1 Å². The molecule has 0 aromatic heterocycles. The Morgan fingerprint density at radius 2 is 1.71 bits per heavy atom. The summed E-state index contributed by atoms with van der Waals surface area (Å²) in [6.45, 7) is 6.63. The first-order chi connectivity index (χ1) is 16.3. The Morgan fingerprint density at radius 1 is 1.03 bits per heavy atom. The maximum atomic E-state index is 13.7. The quantitative estimate of drug-likeness (QED) is 0.443. The highest BCUT2D eigenvalue weighted by molar-refractivity contribution is 7.93. The molecule has 1 aliphatic rings. The molecule has 0 radical (unpaired) electrons. The summed E-state index contributed by atoms with van der Waals surface area (Å²) in [6.07, 6.45) is 3.62. The van der Waals surface area contributed by atoms with Gasteiger partial charge in [-0.1, -0.05) is 24.6 Å². The molecule has 1 atom stereocenters. The number of carbonyl (C=O) groups excluding carboxylic acids is 1. The summed E-state index contributed by atoms with van der Waals surface area (Å²) < 4.78 is 42.1. The molecule has 34 heavy (non-hydrogen) atoms. The smallest absolute Gasteiger partial charge is 0.327 e. The van der Waals surface area contributed by atoms with Crippen molar-refractivity contribution in [1.82, 2.24) is 4.90 Å². The number of benzene rings is 2. The maximum absolute atomic E-state index is 13.7. The van der Waals surface area contributed by atoms with Gasteiger partial charge in [0.1, 0.15) is 18.1 Å². The molecule has 0 saturated carbocycles. The fraction of sp³-hybridized carbons (Fsp3) is 0.500. The lowest BCUT2D eigenvalue weighted by Crippen LogP contribution is -2.47. The van der Waals surface area contributed by atoms with Crippen molar-refractivity contribution < 1.29 is 27.4 Å². The van der Waals surface area contributed by atoms with Crippen LogP contribution >= 0.6 is 0 Å². The van der Waals surface area contributed by atoms with Crippen LogP contribution in [0.4, 0.5) is 0 Å². The topological polar surface area (TPSA) is 82.1 Å². The standard InChI is InChI=1S/C26H35NO6S/c1-4-32-25(28)26(2,34(29,30)23-14-12-22(31-3)13-15-23)20-21-10-6-7-11-24(21)33-19-18-27-16-8-5-9-17-27/h6-7,10-15H,4-5,8-9,16-20H2,1-3H3/t26-/m0/s1. The van der Waals surface area contributed by atoms with E-state index in [-0.39, 0.29) is 17.9 Å². The fourth-order valence-corrected chi connectivity index (χ4v) is 5.84. The van der Waals surface area contributed by atoms with Gasteiger partial charge < -0.3 is 14.2 Å². The Bertz CT molecular complexity index is 1050. The molecule has 0 amide bonds. The average Bonchev–Trinajstić information content (AvgIpc) is 2.85. The van der Waals surface area contributed by atoms with E-state index in [1.807, 2.05) is 18.2 Å². The molecule has 2 aromatic carbocycles. The van der Waals surface area contributed by atoms with Crippen LogP contribution in [0.2, 0.25) is 0 Å². The Balaban J connectivity index is 1.86. The lowest BCUT2D eigenvalue weighted by Gasteiger charge is -2.29. The van der Waals surface area contributed by atoms with Crippen LogP contribution in [0.15, 0.2) is 53.4 Å². The second-order valence-corrected chi connectivity index (χ2v) is 11.0. The van der Waals surface area contributed by atoms with Gasteiger partial charge in [0.2, 0.25) is 0 Å². The highest BCUT2D eigenvalue weighted by Gasteiger charge is 2.49. The van der Waals surface area contributed by atoms with E-state index < -0.39 is 20.6 Å². The Labute approximate surface area is 202 Å². The van der Waals surface area contributed by atoms with Crippen LogP contribution in [-0.2, 0) is 25.8 Å². The molecule has 0 unspecified atom stereocenters. The third kappa shape index (κ3) is 5.91. The maximum Gasteiger partial charge on any atom is 0.327 e. The van der Waals surface area contributed by atoms with Crippen molar-refractivity contribution in [3.8, 4) is 11.5 Å². The van der Waals surface area contributed by atoms with Gasteiger partial charge in [-0.2, -0.15) is 0 Å². The van der Waals surface area contributed by atoms with E-state index in [9.17, 15) is 13.2 Å². The zero-order valence-electron chi connectivity index (χ0n) is 20.3. The Kier molecular flexibility index (Phi) is 8.97. The van der Waals surface area contributed by atoms with Gasteiger partial charge >= 0.3 is 5.97 Å². The first-order valence-corrected chi connectivity index (χ1v) is 13.3. The van der Waals surface area contributed by atoms with Crippen molar-refractivity contribution >= 4 is 15.8 Å². The summed E-state index contributed by atoms with van der Waals surface area (Å²) in [5.41, 5.74) is 0.647. The number of rotatable bonds is 11. The summed E-state index contributed by atoms with van der Waals surface area (Å²) >= 11 is 0. The minimum Gasteiger partial charge on any atom is -0.497 e. The van der Waals surface area contributed by atoms with Crippen molar-refractivity contribution in [3.05, 3.63) is 54.1 Å². The van der Waals surface area contributed by atoms with E-state index in [4.69, 9.17) is 14.2 Å². The third-order valence-corrected chi connectivity index (χ3v) is 8.67. The van der Waals surface area contributed by atoms with Gasteiger partial charge in [0.05, 0.1) is 18.6 Å². The summed E-state index contributed by atoms with van der Waals surface area (Å²) in [5.74, 6) is 0.332. The lowest BCUT2D eigenvalue weighted by atomic mass is 9.99. The Morgan fingerprint density at radius 3 is 2.35 bits per heavy atom. The molecule has 2 aromatic rings. The van der Waals surface area contributed by atoms with E-state index in [1.165, 1.54) is 45.4 Å². The SMILES string of the molecule is CCOC(=O)[C@](C)(Cc1ccccc1OCCN1CCCCC1)S(=O)(=O)c1ccc(OC)cc1. The largest absolute Gasteiger partial charge is 0.497 e. The number of sulfone groups is 1. The van der Waals surface area contributed by atoms with Gasteiger partial charge in [-0.05, 0) is 75.7 Å². The van der Waals surface area contributed by atoms with Crippen LogP contribution in [-0.4, -0.2) is 64.0 Å². The first-order valence-electron chi connectivity index (χ1n) is 11.8. The molecule has 0 spiro atoms. The number of para-hydroxylation sites is 1.